The van der Waals surface area contributed by atoms with Gasteiger partial charge >= 0.3 is 0 Å². The number of rotatable bonds is 6. The lowest BCUT2D eigenvalue weighted by molar-refractivity contribution is 0.0679. The first kappa shape index (κ1) is 16.3. The van der Waals surface area contributed by atoms with Crippen molar-refractivity contribution < 1.29 is 19.0 Å². The Morgan fingerprint density at radius 1 is 1.35 bits per heavy atom. The molecule has 0 N–H and O–H groups in total. The molecule has 0 atom stereocenters. The Bertz CT molecular complexity index is 679. The lowest BCUT2D eigenvalue weighted by atomic mass is 10.2. The molecule has 1 amide bonds. The first-order chi connectivity index (χ1) is 11.2. The van der Waals surface area contributed by atoms with Crippen LogP contribution in [0.2, 0.25) is 0 Å². The molecule has 2 aromatic rings. The van der Waals surface area contributed by atoms with E-state index in [-0.39, 0.29) is 5.91 Å². The van der Waals surface area contributed by atoms with Gasteiger partial charge in [-0.3, -0.25) is 4.79 Å². The SMILES string of the molecule is COCCN(Cc1sccc1C)C(=O)c1scc2c1OCCO2. The van der Waals surface area contributed by atoms with E-state index in [0.29, 0.717) is 49.3 Å². The van der Waals surface area contributed by atoms with Gasteiger partial charge < -0.3 is 19.1 Å². The van der Waals surface area contributed by atoms with E-state index in [1.807, 2.05) is 15.7 Å². The number of nitrogens with zero attached hydrogens (tertiary/aromatic N) is 1. The second kappa shape index (κ2) is 7.33. The highest BCUT2D eigenvalue weighted by atomic mass is 32.1. The van der Waals surface area contributed by atoms with Crippen molar-refractivity contribution in [1.82, 2.24) is 4.90 Å². The van der Waals surface area contributed by atoms with Crippen LogP contribution < -0.4 is 9.47 Å². The summed E-state index contributed by atoms with van der Waals surface area (Å²) in [5, 5.41) is 3.89. The second-order valence-corrected chi connectivity index (χ2v) is 7.08. The fourth-order valence-electron chi connectivity index (χ4n) is 2.35. The minimum Gasteiger partial charge on any atom is -0.485 e. The maximum absolute atomic E-state index is 13.0. The Balaban J connectivity index is 1.82. The number of amides is 1. The number of methoxy groups -OCH3 is 1. The summed E-state index contributed by atoms with van der Waals surface area (Å²) in [5.74, 6) is 1.21. The molecule has 23 heavy (non-hydrogen) atoms. The van der Waals surface area contributed by atoms with Crippen LogP contribution in [0.4, 0.5) is 0 Å². The van der Waals surface area contributed by atoms with E-state index in [1.54, 1.807) is 18.4 Å². The van der Waals surface area contributed by atoms with Gasteiger partial charge in [-0.15, -0.1) is 22.7 Å². The van der Waals surface area contributed by atoms with Crippen molar-refractivity contribution in [2.75, 3.05) is 33.5 Å². The van der Waals surface area contributed by atoms with E-state index in [2.05, 4.69) is 13.0 Å². The van der Waals surface area contributed by atoms with Gasteiger partial charge in [0.1, 0.15) is 18.1 Å². The zero-order valence-corrected chi connectivity index (χ0v) is 14.8. The maximum Gasteiger partial charge on any atom is 0.268 e. The van der Waals surface area contributed by atoms with Gasteiger partial charge in [-0.05, 0) is 23.9 Å². The molecule has 0 fully saturated rings. The normalized spacial score (nSPS) is 13.1. The fourth-order valence-corrected chi connectivity index (χ4v) is 4.16. The average Bonchev–Trinajstić information content (AvgIpc) is 3.17. The molecule has 0 spiro atoms. The maximum atomic E-state index is 13.0. The van der Waals surface area contributed by atoms with Gasteiger partial charge in [-0.25, -0.2) is 0 Å². The van der Waals surface area contributed by atoms with Gasteiger partial charge in [0, 0.05) is 23.9 Å². The largest absolute Gasteiger partial charge is 0.485 e. The number of thiophene rings is 2. The van der Waals surface area contributed by atoms with E-state index in [1.165, 1.54) is 21.8 Å². The summed E-state index contributed by atoms with van der Waals surface area (Å²) in [6.07, 6.45) is 0. The standard InChI is InChI=1S/C16H19NO4S2/c1-11-3-8-22-13(11)9-17(4-5-19-2)16(18)15-14-12(10-23-15)20-6-7-21-14/h3,8,10H,4-7,9H2,1-2H3. The Kier molecular flexibility index (Phi) is 5.20. The van der Waals surface area contributed by atoms with Gasteiger partial charge in [0.05, 0.1) is 13.2 Å². The Morgan fingerprint density at radius 3 is 2.91 bits per heavy atom. The van der Waals surface area contributed by atoms with Crippen molar-refractivity contribution in [3.63, 3.8) is 0 Å². The lowest BCUT2D eigenvalue weighted by Gasteiger charge is -2.23. The summed E-state index contributed by atoms with van der Waals surface area (Å²) in [5.41, 5.74) is 1.21. The number of aryl methyl sites for hydroxylation is 1. The van der Waals surface area contributed by atoms with Gasteiger partial charge in [0.25, 0.3) is 5.91 Å². The molecule has 2 aromatic heterocycles. The molecule has 0 bridgehead atoms. The van der Waals surface area contributed by atoms with Crippen LogP contribution in [0.25, 0.3) is 0 Å². The van der Waals surface area contributed by atoms with Crippen molar-refractivity contribution >= 4 is 28.6 Å². The van der Waals surface area contributed by atoms with E-state index in [4.69, 9.17) is 14.2 Å². The Morgan fingerprint density at radius 2 is 2.17 bits per heavy atom. The first-order valence-corrected chi connectivity index (χ1v) is 9.15. The lowest BCUT2D eigenvalue weighted by Crippen LogP contribution is -2.33. The smallest absolute Gasteiger partial charge is 0.268 e. The zero-order valence-electron chi connectivity index (χ0n) is 13.2. The summed E-state index contributed by atoms with van der Waals surface area (Å²) in [4.78, 5) is 16.6. The molecule has 1 aliphatic rings. The molecule has 0 aromatic carbocycles. The van der Waals surface area contributed by atoms with Crippen LogP contribution in [0.5, 0.6) is 11.5 Å². The third kappa shape index (κ3) is 3.52. The predicted molar refractivity (Wildman–Crippen MR) is 91.0 cm³/mol. The van der Waals surface area contributed by atoms with Crippen LogP contribution in [-0.2, 0) is 11.3 Å². The number of carbonyl (C=O) groups excluding carboxylic acids is 1. The summed E-state index contributed by atoms with van der Waals surface area (Å²) >= 11 is 3.04. The Labute approximate surface area is 143 Å². The Hall–Kier alpha value is -1.57. The van der Waals surface area contributed by atoms with E-state index >= 15 is 0 Å². The number of hydrogen-bond donors (Lipinski definition) is 0. The molecule has 0 unspecified atom stereocenters. The highest BCUT2D eigenvalue weighted by Crippen LogP contribution is 2.40. The van der Waals surface area contributed by atoms with Gasteiger partial charge in [-0.1, -0.05) is 0 Å². The van der Waals surface area contributed by atoms with Crippen molar-refractivity contribution in [1.29, 1.82) is 0 Å². The second-order valence-electron chi connectivity index (χ2n) is 5.20. The molecule has 7 heteroatoms. The monoisotopic (exact) mass is 353 g/mol. The van der Waals surface area contributed by atoms with Crippen LogP contribution in [0.15, 0.2) is 16.8 Å². The van der Waals surface area contributed by atoms with Gasteiger partial charge in [0.15, 0.2) is 11.5 Å². The number of carbonyl (C=O) groups is 1. The molecule has 124 valence electrons. The molecule has 3 rings (SSSR count). The van der Waals surface area contributed by atoms with Crippen LogP contribution in [0, 0.1) is 6.92 Å². The van der Waals surface area contributed by atoms with Crippen molar-refractivity contribution in [2.24, 2.45) is 0 Å². The van der Waals surface area contributed by atoms with E-state index in [9.17, 15) is 4.79 Å². The molecule has 5 nitrogen and oxygen atoms in total. The zero-order chi connectivity index (χ0) is 16.2. The van der Waals surface area contributed by atoms with Crippen LogP contribution in [0.1, 0.15) is 20.1 Å². The quantitative estimate of drug-likeness (QED) is 0.800. The highest BCUT2D eigenvalue weighted by Gasteiger charge is 2.27. The molecule has 1 aliphatic heterocycles. The molecule has 3 heterocycles. The topological polar surface area (TPSA) is 48.0 Å². The first-order valence-electron chi connectivity index (χ1n) is 7.39. The number of hydrogen-bond acceptors (Lipinski definition) is 6. The summed E-state index contributed by atoms with van der Waals surface area (Å²) in [6, 6.07) is 2.07. The van der Waals surface area contributed by atoms with Crippen LogP contribution in [0.3, 0.4) is 0 Å². The van der Waals surface area contributed by atoms with Gasteiger partial charge in [-0.2, -0.15) is 0 Å². The van der Waals surface area contributed by atoms with Gasteiger partial charge in [0.2, 0.25) is 0 Å². The van der Waals surface area contributed by atoms with Crippen molar-refractivity contribution in [3.05, 3.63) is 32.1 Å². The van der Waals surface area contributed by atoms with E-state index in [0.717, 1.165) is 0 Å². The fraction of sp³-hybridized carbons (Fsp3) is 0.438. The molecule has 0 aliphatic carbocycles. The number of ether oxygens (including phenoxy) is 3. The van der Waals surface area contributed by atoms with Crippen LogP contribution >= 0.6 is 22.7 Å². The third-order valence-corrected chi connectivity index (χ3v) is 5.59. The average molecular weight is 353 g/mol. The minimum atomic E-state index is -0.0356. The highest BCUT2D eigenvalue weighted by molar-refractivity contribution is 7.12. The summed E-state index contributed by atoms with van der Waals surface area (Å²) < 4.78 is 16.3. The number of fused-ring (bicyclic) bond motifs is 1. The van der Waals surface area contributed by atoms with Crippen molar-refractivity contribution in [3.8, 4) is 11.5 Å². The summed E-state index contributed by atoms with van der Waals surface area (Å²) in [7, 11) is 1.64. The minimum absolute atomic E-state index is 0.0356. The van der Waals surface area contributed by atoms with E-state index < -0.39 is 0 Å². The summed E-state index contributed by atoms with van der Waals surface area (Å²) in [6.45, 7) is 4.69. The third-order valence-electron chi connectivity index (χ3n) is 3.65. The molecule has 0 saturated carbocycles. The molecule has 0 radical (unpaired) electrons. The molecular weight excluding hydrogens is 334 g/mol. The molecular formula is C16H19NO4S2. The van der Waals surface area contributed by atoms with Crippen molar-refractivity contribution in [2.45, 2.75) is 13.5 Å². The molecule has 0 saturated heterocycles. The predicted octanol–water partition coefficient (Wildman–Crippen LogP) is 3.18. The van der Waals surface area contributed by atoms with Crippen LogP contribution in [-0.4, -0.2) is 44.3 Å².